The van der Waals surface area contributed by atoms with Gasteiger partial charge in [0.15, 0.2) is 0 Å². The Hall–Kier alpha value is -3.36. The van der Waals surface area contributed by atoms with E-state index in [9.17, 15) is 18.0 Å². The number of aryl methyl sites for hydroxylation is 1. The molecular formula is C30H36ClN3O4S. The molecular weight excluding hydrogens is 534 g/mol. The summed E-state index contributed by atoms with van der Waals surface area (Å²) in [6.07, 6.45) is 1.31. The number of anilines is 1. The van der Waals surface area contributed by atoms with Gasteiger partial charge in [0, 0.05) is 23.5 Å². The number of halogens is 1. The number of nitrogens with zero attached hydrogens (tertiary/aromatic N) is 2. The number of hydrogen-bond acceptors (Lipinski definition) is 4. The Labute approximate surface area is 236 Å². The monoisotopic (exact) mass is 569 g/mol. The van der Waals surface area contributed by atoms with Gasteiger partial charge in [-0.3, -0.25) is 13.9 Å². The zero-order valence-electron chi connectivity index (χ0n) is 23.0. The number of hydrogen-bond donors (Lipinski definition) is 1. The molecule has 3 aromatic carbocycles. The molecule has 1 unspecified atom stereocenters. The van der Waals surface area contributed by atoms with E-state index < -0.39 is 34.1 Å². The van der Waals surface area contributed by atoms with Crippen LogP contribution in [0.4, 0.5) is 5.69 Å². The molecule has 0 aliphatic carbocycles. The smallest absolute Gasteiger partial charge is 0.244 e. The molecule has 0 aliphatic rings. The molecule has 0 aromatic heterocycles. The first-order chi connectivity index (χ1) is 18.2. The molecule has 0 saturated carbocycles. The molecule has 0 bridgehead atoms. The second kappa shape index (κ2) is 12.7. The molecule has 3 rings (SSSR count). The first-order valence-corrected chi connectivity index (χ1v) is 14.9. The minimum atomic E-state index is -3.83. The van der Waals surface area contributed by atoms with E-state index in [1.54, 1.807) is 24.3 Å². The predicted molar refractivity (Wildman–Crippen MR) is 157 cm³/mol. The van der Waals surface area contributed by atoms with Gasteiger partial charge in [0.2, 0.25) is 21.8 Å². The van der Waals surface area contributed by atoms with Gasteiger partial charge in [0.25, 0.3) is 0 Å². The van der Waals surface area contributed by atoms with E-state index in [1.165, 1.54) is 4.90 Å². The van der Waals surface area contributed by atoms with Crippen LogP contribution < -0.4 is 9.62 Å². The highest BCUT2D eigenvalue weighted by molar-refractivity contribution is 7.92. The lowest BCUT2D eigenvalue weighted by Crippen LogP contribution is -2.56. The van der Waals surface area contributed by atoms with E-state index >= 15 is 0 Å². The van der Waals surface area contributed by atoms with Crippen molar-refractivity contribution >= 4 is 39.1 Å². The number of carbonyl (C=O) groups excluding carboxylic acids is 2. The van der Waals surface area contributed by atoms with Crippen molar-refractivity contribution in [2.45, 2.75) is 52.2 Å². The minimum absolute atomic E-state index is 0.138. The van der Waals surface area contributed by atoms with Crippen LogP contribution in [0, 0.1) is 6.92 Å². The van der Waals surface area contributed by atoms with E-state index in [0.29, 0.717) is 10.7 Å². The second-order valence-corrected chi connectivity index (χ2v) is 13.0. The zero-order chi connectivity index (χ0) is 28.8. The molecule has 7 nitrogen and oxygen atoms in total. The second-order valence-electron chi connectivity index (χ2n) is 10.6. The van der Waals surface area contributed by atoms with E-state index in [-0.39, 0.29) is 18.9 Å². The van der Waals surface area contributed by atoms with Crippen LogP contribution in [0.3, 0.4) is 0 Å². The molecule has 0 spiro atoms. The lowest BCUT2D eigenvalue weighted by Gasteiger charge is -2.35. The van der Waals surface area contributed by atoms with Crippen LogP contribution in [0.15, 0.2) is 78.9 Å². The van der Waals surface area contributed by atoms with Gasteiger partial charge in [-0.05, 0) is 68.7 Å². The maximum Gasteiger partial charge on any atom is 0.244 e. The third-order valence-electron chi connectivity index (χ3n) is 6.17. The number of carbonyl (C=O) groups is 2. The van der Waals surface area contributed by atoms with Crippen LogP contribution in [0.1, 0.15) is 37.5 Å². The summed E-state index contributed by atoms with van der Waals surface area (Å²) in [4.78, 5) is 29.3. The van der Waals surface area contributed by atoms with Gasteiger partial charge in [-0.1, -0.05) is 66.2 Å². The molecule has 3 aromatic rings. The zero-order valence-corrected chi connectivity index (χ0v) is 24.6. The lowest BCUT2D eigenvalue weighted by atomic mass is 10.00. The minimum Gasteiger partial charge on any atom is -0.350 e. The predicted octanol–water partition coefficient (Wildman–Crippen LogP) is 4.97. The number of rotatable bonds is 10. The third-order valence-corrected chi connectivity index (χ3v) is 7.56. The van der Waals surface area contributed by atoms with E-state index in [1.807, 2.05) is 82.3 Å². The first-order valence-electron chi connectivity index (χ1n) is 12.7. The number of amides is 2. The van der Waals surface area contributed by atoms with Crippen molar-refractivity contribution < 1.29 is 18.0 Å². The van der Waals surface area contributed by atoms with Gasteiger partial charge >= 0.3 is 0 Å². The van der Waals surface area contributed by atoms with Crippen LogP contribution in [-0.2, 0) is 32.6 Å². The van der Waals surface area contributed by atoms with Gasteiger partial charge in [-0.15, -0.1) is 0 Å². The summed E-state index contributed by atoms with van der Waals surface area (Å²) in [7, 11) is -3.83. The number of nitrogens with one attached hydrogen (secondary N) is 1. The fraction of sp³-hybridized carbons (Fsp3) is 0.333. The van der Waals surface area contributed by atoms with E-state index in [4.69, 9.17) is 11.6 Å². The normalized spacial score (nSPS) is 12.5. The average Bonchev–Trinajstić information content (AvgIpc) is 2.85. The molecule has 0 saturated heterocycles. The SMILES string of the molecule is Cc1ccccc1CN(C(=O)CN(c1ccc(Cl)cc1)S(C)(=O)=O)C(Cc1ccccc1)C(=O)NC(C)(C)C. The van der Waals surface area contributed by atoms with Crippen molar-refractivity contribution in [1.82, 2.24) is 10.2 Å². The Morgan fingerprint density at radius 2 is 1.51 bits per heavy atom. The van der Waals surface area contributed by atoms with Crippen molar-refractivity contribution in [2.75, 3.05) is 17.1 Å². The van der Waals surface area contributed by atoms with Gasteiger partial charge in [0.05, 0.1) is 11.9 Å². The fourth-order valence-corrected chi connectivity index (χ4v) is 5.17. The molecule has 1 N–H and O–H groups in total. The van der Waals surface area contributed by atoms with Crippen LogP contribution in [-0.4, -0.2) is 49.5 Å². The Morgan fingerprint density at radius 1 is 0.923 bits per heavy atom. The standard InChI is InChI=1S/C30H36ClN3O4S/c1-22-11-9-10-14-24(22)20-33(27(29(36)32-30(2,3)4)19-23-12-7-6-8-13-23)28(35)21-34(39(5,37)38)26-17-15-25(31)16-18-26/h6-18,27H,19-21H2,1-5H3,(H,32,36). The summed E-state index contributed by atoms with van der Waals surface area (Å²) in [5, 5.41) is 3.46. The van der Waals surface area contributed by atoms with Crippen molar-refractivity contribution in [2.24, 2.45) is 0 Å². The summed E-state index contributed by atoms with van der Waals surface area (Å²) in [6, 6.07) is 22.5. The highest BCUT2D eigenvalue weighted by Gasteiger charge is 2.34. The number of sulfonamides is 1. The topological polar surface area (TPSA) is 86.8 Å². The molecule has 0 heterocycles. The molecule has 0 aliphatic heterocycles. The summed E-state index contributed by atoms with van der Waals surface area (Å²) in [5.74, 6) is -0.811. The lowest BCUT2D eigenvalue weighted by molar-refractivity contribution is -0.140. The maximum absolute atomic E-state index is 14.1. The van der Waals surface area contributed by atoms with E-state index in [2.05, 4.69) is 5.32 Å². The van der Waals surface area contributed by atoms with Crippen molar-refractivity contribution in [3.63, 3.8) is 0 Å². The largest absolute Gasteiger partial charge is 0.350 e. The summed E-state index contributed by atoms with van der Waals surface area (Å²) >= 11 is 6.01. The van der Waals surface area contributed by atoms with Gasteiger partial charge < -0.3 is 10.2 Å². The summed E-state index contributed by atoms with van der Waals surface area (Å²) in [6.45, 7) is 7.24. The molecule has 208 valence electrons. The Kier molecular flexibility index (Phi) is 9.80. The summed E-state index contributed by atoms with van der Waals surface area (Å²) in [5.41, 5.74) is 2.48. The average molecular weight is 570 g/mol. The Bertz CT molecular complexity index is 1390. The quantitative estimate of drug-likeness (QED) is 0.373. The van der Waals surface area contributed by atoms with Crippen LogP contribution in [0.5, 0.6) is 0 Å². The highest BCUT2D eigenvalue weighted by atomic mass is 35.5. The third kappa shape index (κ3) is 8.83. The van der Waals surface area contributed by atoms with Crippen molar-refractivity contribution in [3.05, 3.63) is 101 Å². The van der Waals surface area contributed by atoms with Gasteiger partial charge in [-0.2, -0.15) is 0 Å². The van der Waals surface area contributed by atoms with Crippen LogP contribution in [0.2, 0.25) is 5.02 Å². The Balaban J connectivity index is 2.08. The van der Waals surface area contributed by atoms with E-state index in [0.717, 1.165) is 27.3 Å². The van der Waals surface area contributed by atoms with Crippen molar-refractivity contribution in [1.29, 1.82) is 0 Å². The molecule has 2 amide bonds. The molecule has 1 atom stereocenters. The van der Waals surface area contributed by atoms with Gasteiger partial charge in [-0.25, -0.2) is 8.42 Å². The molecule has 0 fully saturated rings. The summed E-state index contributed by atoms with van der Waals surface area (Å²) < 4.78 is 26.7. The highest BCUT2D eigenvalue weighted by Crippen LogP contribution is 2.23. The molecule has 0 radical (unpaired) electrons. The van der Waals surface area contributed by atoms with Crippen LogP contribution >= 0.6 is 11.6 Å². The number of benzene rings is 3. The van der Waals surface area contributed by atoms with Crippen molar-refractivity contribution in [3.8, 4) is 0 Å². The molecule has 39 heavy (non-hydrogen) atoms. The maximum atomic E-state index is 14.1. The first kappa shape index (κ1) is 30.2. The molecule has 9 heteroatoms. The van der Waals surface area contributed by atoms with Gasteiger partial charge in [0.1, 0.15) is 12.6 Å². The van der Waals surface area contributed by atoms with Crippen LogP contribution in [0.25, 0.3) is 0 Å². The Morgan fingerprint density at radius 3 is 2.08 bits per heavy atom. The fourth-order valence-electron chi connectivity index (χ4n) is 4.20.